The molecule has 0 heterocycles. The van der Waals surface area contributed by atoms with Crippen LogP contribution < -0.4 is 5.32 Å². The van der Waals surface area contributed by atoms with E-state index in [9.17, 15) is 4.79 Å². The molecule has 0 spiro atoms. The maximum absolute atomic E-state index is 12.2. The Morgan fingerprint density at radius 1 is 1.32 bits per heavy atom. The number of benzene rings is 1. The number of para-hydroxylation sites is 1. The zero-order valence-electron chi connectivity index (χ0n) is 12.3. The predicted octanol–water partition coefficient (Wildman–Crippen LogP) is 4.64. The standard InChI is InChI=1S/C17H25NO/c1-12(2)15-10-6-7-13(3)17(15)18-16(19)11-14-8-4-5-9-14/h6-7,10,12,14H,4-5,8-9,11H2,1-3H3,(H,18,19). The molecule has 1 saturated carbocycles. The van der Waals surface area contributed by atoms with Crippen molar-refractivity contribution in [1.29, 1.82) is 0 Å². The summed E-state index contributed by atoms with van der Waals surface area (Å²) in [7, 11) is 0. The molecule has 1 aromatic rings. The van der Waals surface area contributed by atoms with E-state index in [1.54, 1.807) is 0 Å². The average molecular weight is 259 g/mol. The second kappa shape index (κ2) is 6.23. The molecule has 2 nitrogen and oxygen atoms in total. The first-order valence-electron chi connectivity index (χ1n) is 7.47. The molecule has 1 amide bonds. The van der Waals surface area contributed by atoms with Gasteiger partial charge in [0.1, 0.15) is 0 Å². The molecule has 0 aliphatic heterocycles. The number of rotatable bonds is 4. The summed E-state index contributed by atoms with van der Waals surface area (Å²) in [5.74, 6) is 1.22. The van der Waals surface area contributed by atoms with Gasteiger partial charge in [-0.05, 0) is 42.7 Å². The van der Waals surface area contributed by atoms with Gasteiger partial charge in [-0.1, -0.05) is 44.9 Å². The minimum Gasteiger partial charge on any atom is -0.326 e. The van der Waals surface area contributed by atoms with Gasteiger partial charge in [-0.25, -0.2) is 0 Å². The van der Waals surface area contributed by atoms with Crippen molar-refractivity contribution < 1.29 is 4.79 Å². The van der Waals surface area contributed by atoms with Gasteiger partial charge in [-0.2, -0.15) is 0 Å². The first-order chi connectivity index (χ1) is 9.08. The summed E-state index contributed by atoms with van der Waals surface area (Å²) in [6.45, 7) is 6.40. The molecular weight excluding hydrogens is 234 g/mol. The molecule has 0 atom stereocenters. The Bertz CT molecular complexity index is 445. The number of carbonyl (C=O) groups is 1. The average Bonchev–Trinajstić information content (AvgIpc) is 2.84. The van der Waals surface area contributed by atoms with Crippen LogP contribution in [0.2, 0.25) is 0 Å². The van der Waals surface area contributed by atoms with E-state index in [2.05, 4.69) is 44.3 Å². The summed E-state index contributed by atoms with van der Waals surface area (Å²) in [6, 6.07) is 6.25. The zero-order valence-corrected chi connectivity index (χ0v) is 12.3. The van der Waals surface area contributed by atoms with E-state index in [1.165, 1.54) is 31.2 Å². The van der Waals surface area contributed by atoms with E-state index in [0.717, 1.165) is 11.3 Å². The summed E-state index contributed by atoms with van der Waals surface area (Å²) in [6.07, 6.45) is 5.71. The number of aryl methyl sites for hydroxylation is 1. The van der Waals surface area contributed by atoms with Gasteiger partial charge in [0.05, 0.1) is 0 Å². The van der Waals surface area contributed by atoms with Crippen molar-refractivity contribution in [3.63, 3.8) is 0 Å². The lowest BCUT2D eigenvalue weighted by Crippen LogP contribution is -2.17. The highest BCUT2D eigenvalue weighted by Crippen LogP contribution is 2.30. The largest absolute Gasteiger partial charge is 0.326 e. The van der Waals surface area contributed by atoms with E-state index in [4.69, 9.17) is 0 Å². The molecule has 0 bridgehead atoms. The molecule has 0 aromatic heterocycles. The van der Waals surface area contributed by atoms with Crippen LogP contribution in [0.25, 0.3) is 0 Å². The molecule has 1 aromatic carbocycles. The molecule has 1 aliphatic carbocycles. The van der Waals surface area contributed by atoms with Crippen LogP contribution in [-0.2, 0) is 4.79 Å². The van der Waals surface area contributed by atoms with E-state index < -0.39 is 0 Å². The number of carbonyl (C=O) groups excluding carboxylic acids is 1. The van der Waals surface area contributed by atoms with Crippen molar-refractivity contribution in [2.45, 2.75) is 58.8 Å². The SMILES string of the molecule is Cc1cccc(C(C)C)c1NC(=O)CC1CCCC1. The van der Waals surface area contributed by atoms with Crippen LogP contribution in [0.3, 0.4) is 0 Å². The fourth-order valence-electron chi connectivity index (χ4n) is 3.01. The molecule has 0 saturated heterocycles. The highest BCUT2D eigenvalue weighted by atomic mass is 16.1. The Labute approximate surface area is 116 Å². The van der Waals surface area contributed by atoms with Crippen molar-refractivity contribution in [2.75, 3.05) is 5.32 Å². The van der Waals surface area contributed by atoms with Crippen LogP contribution in [0.5, 0.6) is 0 Å². The molecule has 1 N–H and O–H groups in total. The third-order valence-electron chi connectivity index (χ3n) is 4.14. The van der Waals surface area contributed by atoms with Crippen molar-refractivity contribution in [3.05, 3.63) is 29.3 Å². The summed E-state index contributed by atoms with van der Waals surface area (Å²) in [5, 5.41) is 3.15. The summed E-state index contributed by atoms with van der Waals surface area (Å²) in [4.78, 5) is 12.2. The molecule has 19 heavy (non-hydrogen) atoms. The van der Waals surface area contributed by atoms with Crippen molar-refractivity contribution in [1.82, 2.24) is 0 Å². The third kappa shape index (κ3) is 3.59. The molecule has 1 fully saturated rings. The molecule has 104 valence electrons. The Kier molecular flexibility index (Phi) is 4.62. The normalized spacial score (nSPS) is 16.0. The second-order valence-electron chi connectivity index (χ2n) is 6.10. The monoisotopic (exact) mass is 259 g/mol. The van der Waals surface area contributed by atoms with Crippen molar-refractivity contribution in [3.8, 4) is 0 Å². The Morgan fingerprint density at radius 3 is 2.63 bits per heavy atom. The van der Waals surface area contributed by atoms with E-state index >= 15 is 0 Å². The molecule has 0 unspecified atom stereocenters. The fraction of sp³-hybridized carbons (Fsp3) is 0.588. The first kappa shape index (κ1) is 14.1. The van der Waals surface area contributed by atoms with Gasteiger partial charge in [-0.3, -0.25) is 4.79 Å². The van der Waals surface area contributed by atoms with Gasteiger partial charge >= 0.3 is 0 Å². The molecule has 2 rings (SSSR count). The number of anilines is 1. The van der Waals surface area contributed by atoms with Crippen LogP contribution in [0.4, 0.5) is 5.69 Å². The van der Waals surface area contributed by atoms with Crippen LogP contribution in [0.1, 0.15) is 63.0 Å². The van der Waals surface area contributed by atoms with Gasteiger partial charge in [0.2, 0.25) is 5.91 Å². The minimum atomic E-state index is 0.183. The zero-order chi connectivity index (χ0) is 13.8. The summed E-state index contributed by atoms with van der Waals surface area (Å²) in [5.41, 5.74) is 3.42. The van der Waals surface area contributed by atoms with Crippen molar-refractivity contribution in [2.24, 2.45) is 5.92 Å². The maximum atomic E-state index is 12.2. The highest BCUT2D eigenvalue weighted by Gasteiger charge is 2.19. The number of nitrogens with one attached hydrogen (secondary N) is 1. The molecule has 2 heteroatoms. The van der Waals surface area contributed by atoms with Crippen molar-refractivity contribution >= 4 is 11.6 Å². The summed E-state index contributed by atoms with van der Waals surface area (Å²) < 4.78 is 0. The van der Waals surface area contributed by atoms with Crippen LogP contribution in [-0.4, -0.2) is 5.91 Å². The maximum Gasteiger partial charge on any atom is 0.224 e. The fourth-order valence-corrected chi connectivity index (χ4v) is 3.01. The van der Waals surface area contributed by atoms with Crippen LogP contribution >= 0.6 is 0 Å². The smallest absolute Gasteiger partial charge is 0.224 e. The molecule has 0 radical (unpaired) electrons. The lowest BCUT2D eigenvalue weighted by atomic mass is 9.97. The minimum absolute atomic E-state index is 0.183. The van der Waals surface area contributed by atoms with Gasteiger partial charge in [0.15, 0.2) is 0 Å². The number of hydrogen-bond acceptors (Lipinski definition) is 1. The Morgan fingerprint density at radius 2 is 2.00 bits per heavy atom. The summed E-state index contributed by atoms with van der Waals surface area (Å²) >= 11 is 0. The lowest BCUT2D eigenvalue weighted by molar-refractivity contribution is -0.117. The van der Waals surface area contributed by atoms with E-state index in [0.29, 0.717) is 18.3 Å². The van der Waals surface area contributed by atoms with Gasteiger partial charge in [0, 0.05) is 12.1 Å². The van der Waals surface area contributed by atoms with Crippen LogP contribution in [0.15, 0.2) is 18.2 Å². The number of hydrogen-bond donors (Lipinski definition) is 1. The quantitative estimate of drug-likeness (QED) is 0.838. The third-order valence-corrected chi connectivity index (χ3v) is 4.14. The lowest BCUT2D eigenvalue weighted by Gasteiger charge is -2.17. The first-order valence-corrected chi connectivity index (χ1v) is 7.47. The topological polar surface area (TPSA) is 29.1 Å². The van der Waals surface area contributed by atoms with E-state index in [-0.39, 0.29) is 5.91 Å². The van der Waals surface area contributed by atoms with E-state index in [1.807, 2.05) is 0 Å². The van der Waals surface area contributed by atoms with Gasteiger partial charge < -0.3 is 5.32 Å². The number of amides is 1. The predicted molar refractivity (Wildman–Crippen MR) is 80.5 cm³/mol. The molecule has 1 aliphatic rings. The van der Waals surface area contributed by atoms with Gasteiger partial charge in [0.25, 0.3) is 0 Å². The Hall–Kier alpha value is -1.31. The van der Waals surface area contributed by atoms with Crippen LogP contribution in [0, 0.1) is 12.8 Å². The molecular formula is C17H25NO. The highest BCUT2D eigenvalue weighted by molar-refractivity contribution is 5.92. The Balaban J connectivity index is 2.07. The second-order valence-corrected chi connectivity index (χ2v) is 6.10. The van der Waals surface area contributed by atoms with Gasteiger partial charge in [-0.15, -0.1) is 0 Å².